The number of ether oxygens (including phenoxy) is 2. The second kappa shape index (κ2) is 11.0. The smallest absolute Gasteiger partial charge is 0.120 e. The maximum absolute atomic E-state index is 11.7. The van der Waals surface area contributed by atoms with Gasteiger partial charge in [0.05, 0.1) is 18.3 Å². The van der Waals surface area contributed by atoms with Crippen LogP contribution in [0.3, 0.4) is 0 Å². The van der Waals surface area contributed by atoms with Crippen molar-refractivity contribution in [1.29, 1.82) is 0 Å². The zero-order valence-corrected chi connectivity index (χ0v) is 18.6. The molecule has 158 valence electrons. The van der Waals surface area contributed by atoms with Gasteiger partial charge in [0.1, 0.15) is 12.4 Å². The first-order chi connectivity index (χ1) is 12.7. The molecular formula is C23H36ClNO3. The summed E-state index contributed by atoms with van der Waals surface area (Å²) in [5.74, 6) is 0.862. The lowest BCUT2D eigenvalue weighted by Crippen LogP contribution is -2.46. The number of hydrogen-bond acceptors (Lipinski definition) is 4. The minimum atomic E-state index is -0.879. The SMILES string of the molecule is C=C(C)COc1cccc(C2(O)CCC(OCC(=C)C)CC2CN(C)C)c1.Cl. The molecular weight excluding hydrogens is 374 g/mol. The molecule has 1 fully saturated rings. The monoisotopic (exact) mass is 409 g/mol. The Morgan fingerprint density at radius 1 is 1.21 bits per heavy atom. The van der Waals surface area contributed by atoms with E-state index < -0.39 is 5.60 Å². The first kappa shape index (κ1) is 24.7. The third-order valence-corrected chi connectivity index (χ3v) is 5.04. The van der Waals surface area contributed by atoms with Gasteiger partial charge in [-0.1, -0.05) is 30.9 Å². The Labute approximate surface area is 176 Å². The van der Waals surface area contributed by atoms with Crippen molar-refractivity contribution in [3.8, 4) is 5.75 Å². The Morgan fingerprint density at radius 3 is 2.50 bits per heavy atom. The van der Waals surface area contributed by atoms with Gasteiger partial charge < -0.3 is 19.5 Å². The molecule has 0 bridgehead atoms. The highest BCUT2D eigenvalue weighted by Crippen LogP contribution is 2.43. The lowest BCUT2D eigenvalue weighted by atomic mass is 9.70. The first-order valence-electron chi connectivity index (χ1n) is 9.71. The van der Waals surface area contributed by atoms with Crippen molar-refractivity contribution < 1.29 is 14.6 Å². The van der Waals surface area contributed by atoms with E-state index in [-0.39, 0.29) is 24.4 Å². The fourth-order valence-electron chi connectivity index (χ4n) is 3.73. The molecule has 0 saturated heterocycles. The zero-order chi connectivity index (χ0) is 20.0. The van der Waals surface area contributed by atoms with Gasteiger partial charge in [0.2, 0.25) is 0 Å². The Kier molecular flexibility index (Phi) is 9.72. The second-order valence-corrected chi connectivity index (χ2v) is 8.32. The zero-order valence-electron chi connectivity index (χ0n) is 17.7. The molecule has 2 rings (SSSR count). The van der Waals surface area contributed by atoms with E-state index in [2.05, 4.69) is 18.1 Å². The molecule has 0 aromatic heterocycles. The van der Waals surface area contributed by atoms with Gasteiger partial charge in [-0.3, -0.25) is 0 Å². The van der Waals surface area contributed by atoms with Crippen molar-refractivity contribution in [2.75, 3.05) is 33.9 Å². The fraction of sp³-hybridized carbons (Fsp3) is 0.565. The summed E-state index contributed by atoms with van der Waals surface area (Å²) >= 11 is 0. The van der Waals surface area contributed by atoms with Crippen molar-refractivity contribution in [2.24, 2.45) is 5.92 Å². The molecule has 0 aliphatic heterocycles. The van der Waals surface area contributed by atoms with Gasteiger partial charge in [-0.2, -0.15) is 0 Å². The van der Waals surface area contributed by atoms with Gasteiger partial charge in [-0.15, -0.1) is 12.4 Å². The van der Waals surface area contributed by atoms with E-state index in [0.717, 1.165) is 41.8 Å². The van der Waals surface area contributed by atoms with Crippen molar-refractivity contribution >= 4 is 12.4 Å². The molecule has 0 spiro atoms. The predicted molar refractivity (Wildman–Crippen MR) is 118 cm³/mol. The summed E-state index contributed by atoms with van der Waals surface area (Å²) in [5.41, 5.74) is 2.05. The van der Waals surface area contributed by atoms with Gasteiger partial charge in [0, 0.05) is 12.5 Å². The quantitative estimate of drug-likeness (QED) is 0.606. The predicted octanol–water partition coefficient (Wildman–Crippen LogP) is 4.57. The van der Waals surface area contributed by atoms with Crippen LogP contribution in [0.1, 0.15) is 38.7 Å². The van der Waals surface area contributed by atoms with Crippen LogP contribution in [0.5, 0.6) is 5.75 Å². The summed E-state index contributed by atoms with van der Waals surface area (Å²) in [4.78, 5) is 2.14. The molecule has 1 aliphatic carbocycles. The summed E-state index contributed by atoms with van der Waals surface area (Å²) in [5, 5.41) is 11.7. The third kappa shape index (κ3) is 6.93. The molecule has 4 nitrogen and oxygen atoms in total. The molecule has 0 heterocycles. The molecule has 1 aliphatic rings. The number of aliphatic hydroxyl groups is 1. The van der Waals surface area contributed by atoms with Crippen molar-refractivity contribution in [3.63, 3.8) is 0 Å². The molecule has 1 N–H and O–H groups in total. The average Bonchev–Trinajstić information content (AvgIpc) is 2.60. The van der Waals surface area contributed by atoms with E-state index in [1.54, 1.807) is 0 Å². The van der Waals surface area contributed by atoms with E-state index >= 15 is 0 Å². The van der Waals surface area contributed by atoms with Crippen LogP contribution >= 0.6 is 12.4 Å². The van der Waals surface area contributed by atoms with Gasteiger partial charge in [-0.05, 0) is 70.5 Å². The molecule has 1 aromatic carbocycles. The minimum absolute atomic E-state index is 0. The summed E-state index contributed by atoms with van der Waals surface area (Å²) in [7, 11) is 4.09. The van der Waals surface area contributed by atoms with Crippen LogP contribution in [0.25, 0.3) is 0 Å². The maximum Gasteiger partial charge on any atom is 0.120 e. The molecule has 0 amide bonds. The molecule has 28 heavy (non-hydrogen) atoms. The Balaban J connectivity index is 0.00000392. The Morgan fingerprint density at radius 2 is 1.89 bits per heavy atom. The van der Waals surface area contributed by atoms with Crippen LogP contribution < -0.4 is 4.74 Å². The summed E-state index contributed by atoms with van der Waals surface area (Å²) in [6, 6.07) is 7.86. The number of hydrogen-bond donors (Lipinski definition) is 1. The van der Waals surface area contributed by atoms with Crippen molar-refractivity contribution in [1.82, 2.24) is 4.90 Å². The van der Waals surface area contributed by atoms with Gasteiger partial charge in [0.15, 0.2) is 0 Å². The highest BCUT2D eigenvalue weighted by molar-refractivity contribution is 5.85. The van der Waals surface area contributed by atoms with Crippen molar-refractivity contribution in [3.05, 3.63) is 54.1 Å². The van der Waals surface area contributed by atoms with Crippen LogP contribution in [0.4, 0.5) is 0 Å². The third-order valence-electron chi connectivity index (χ3n) is 5.04. The second-order valence-electron chi connectivity index (χ2n) is 8.32. The standard InChI is InChI=1S/C23H35NO3.ClH/c1-17(2)15-26-21-9-7-8-19(12-21)23(25)11-10-22(27-16-18(3)4)13-20(23)14-24(5)6;/h7-9,12,20,22,25H,1,3,10-11,13-16H2,2,4-6H3;1H. The van der Waals surface area contributed by atoms with Crippen LogP contribution in [0.15, 0.2) is 48.6 Å². The highest BCUT2D eigenvalue weighted by Gasteiger charge is 2.44. The first-order valence-corrected chi connectivity index (χ1v) is 9.71. The van der Waals surface area contributed by atoms with Crippen LogP contribution in [-0.2, 0) is 10.3 Å². The maximum atomic E-state index is 11.7. The summed E-state index contributed by atoms with van der Waals surface area (Å²) in [6.07, 6.45) is 2.51. The molecule has 3 atom stereocenters. The van der Waals surface area contributed by atoms with Gasteiger partial charge in [0.25, 0.3) is 0 Å². The van der Waals surface area contributed by atoms with E-state index in [1.807, 2.05) is 52.2 Å². The topological polar surface area (TPSA) is 41.9 Å². The van der Waals surface area contributed by atoms with E-state index in [0.29, 0.717) is 19.6 Å². The molecule has 3 unspecified atom stereocenters. The minimum Gasteiger partial charge on any atom is -0.489 e. The van der Waals surface area contributed by atoms with Gasteiger partial charge in [-0.25, -0.2) is 0 Å². The Hall–Kier alpha value is -1.33. The highest BCUT2D eigenvalue weighted by atomic mass is 35.5. The average molecular weight is 410 g/mol. The van der Waals surface area contributed by atoms with E-state index in [9.17, 15) is 5.11 Å². The van der Waals surface area contributed by atoms with Crippen LogP contribution in [0.2, 0.25) is 0 Å². The van der Waals surface area contributed by atoms with E-state index in [1.165, 1.54) is 0 Å². The Bertz CT molecular complexity index is 661. The number of nitrogens with zero attached hydrogens (tertiary/aromatic N) is 1. The van der Waals surface area contributed by atoms with Crippen LogP contribution in [0, 0.1) is 5.92 Å². The van der Waals surface area contributed by atoms with Crippen LogP contribution in [-0.4, -0.2) is 50.0 Å². The molecule has 5 heteroatoms. The lowest BCUT2D eigenvalue weighted by molar-refractivity contribution is -0.105. The summed E-state index contributed by atoms with van der Waals surface area (Å²) < 4.78 is 11.8. The lowest BCUT2D eigenvalue weighted by Gasteiger charge is -2.44. The number of rotatable bonds is 9. The normalized spacial score (nSPS) is 24.5. The van der Waals surface area contributed by atoms with E-state index in [4.69, 9.17) is 9.47 Å². The fourth-order valence-corrected chi connectivity index (χ4v) is 3.73. The molecule has 0 radical (unpaired) electrons. The summed E-state index contributed by atoms with van der Waals surface area (Å²) in [6.45, 7) is 13.6. The number of halogens is 1. The van der Waals surface area contributed by atoms with Crippen molar-refractivity contribution in [2.45, 2.75) is 44.8 Å². The molecule has 1 saturated carbocycles. The van der Waals surface area contributed by atoms with Gasteiger partial charge >= 0.3 is 0 Å². The number of benzene rings is 1. The largest absolute Gasteiger partial charge is 0.489 e. The molecule has 1 aromatic rings.